The number of nitrogens with two attached hydrogens (primary N) is 1. The van der Waals surface area contributed by atoms with E-state index in [4.69, 9.17) is 38.5 Å². The van der Waals surface area contributed by atoms with Gasteiger partial charge in [0.15, 0.2) is 0 Å². The first kappa shape index (κ1) is 30.0. The van der Waals surface area contributed by atoms with Gasteiger partial charge in [0.2, 0.25) is 10.0 Å². The van der Waals surface area contributed by atoms with Gasteiger partial charge in [-0.15, -0.1) is 0 Å². The van der Waals surface area contributed by atoms with Crippen molar-refractivity contribution in [2.75, 3.05) is 0 Å². The summed E-state index contributed by atoms with van der Waals surface area (Å²) in [5, 5.41) is 16.8. The number of nitrogens with zero attached hydrogens (tertiary/aromatic N) is 4. The molecule has 42 heavy (non-hydrogen) atoms. The van der Waals surface area contributed by atoms with Crippen molar-refractivity contribution in [1.29, 1.82) is 0 Å². The number of sulfonamides is 1. The highest BCUT2D eigenvalue weighted by Crippen LogP contribution is 2.31. The summed E-state index contributed by atoms with van der Waals surface area (Å²) in [6.07, 6.45) is 9.71. The Morgan fingerprint density at radius 2 is 1.14 bits per heavy atom. The molecule has 0 atom stereocenters. The molecule has 5 rings (SSSR count). The zero-order chi connectivity index (χ0) is 29.9. The molecule has 0 radical (unpaired) electrons. The summed E-state index contributed by atoms with van der Waals surface area (Å²) in [6, 6.07) is 20.0. The standard InChI is InChI=1S/C32H33Cl2N5O2S/c1-3-5-7-24-20-38(36-31(24)22-9-13-26(33)14-10-22)29-18-17-28(42(35,40)41)19-30(29)39-21-25(8-6-4-2)32(37-39)23-11-15-27(34)16-12-23/h9-21H,3-8H2,1-2H3,(H2,35,40,41). The first-order chi connectivity index (χ1) is 20.2. The largest absolute Gasteiger partial charge is 0.238 e. The van der Waals surface area contributed by atoms with Gasteiger partial charge in [-0.2, -0.15) is 10.2 Å². The van der Waals surface area contributed by atoms with Gasteiger partial charge in [-0.25, -0.2) is 22.9 Å². The van der Waals surface area contributed by atoms with Crippen LogP contribution in [0.3, 0.4) is 0 Å². The molecule has 0 saturated heterocycles. The van der Waals surface area contributed by atoms with Gasteiger partial charge in [-0.05, 0) is 79.3 Å². The number of hydrogen-bond acceptors (Lipinski definition) is 4. The lowest BCUT2D eigenvalue weighted by Gasteiger charge is -2.12. The Balaban J connectivity index is 1.70. The van der Waals surface area contributed by atoms with Crippen LogP contribution in [0.1, 0.15) is 50.7 Å². The van der Waals surface area contributed by atoms with Crippen LogP contribution in [0, 0.1) is 0 Å². The van der Waals surface area contributed by atoms with Crippen molar-refractivity contribution in [2.45, 2.75) is 57.3 Å². The number of rotatable bonds is 11. The molecular formula is C32H33Cl2N5O2S. The van der Waals surface area contributed by atoms with E-state index >= 15 is 0 Å². The van der Waals surface area contributed by atoms with Crippen molar-refractivity contribution in [3.8, 4) is 33.9 Å². The van der Waals surface area contributed by atoms with Crippen molar-refractivity contribution in [1.82, 2.24) is 19.6 Å². The molecule has 3 aromatic carbocycles. The molecule has 7 nitrogen and oxygen atoms in total. The van der Waals surface area contributed by atoms with Crippen LogP contribution in [0.5, 0.6) is 0 Å². The molecule has 0 aliphatic heterocycles. The van der Waals surface area contributed by atoms with E-state index in [0.29, 0.717) is 21.4 Å². The normalized spacial score (nSPS) is 11.7. The van der Waals surface area contributed by atoms with Crippen molar-refractivity contribution < 1.29 is 8.42 Å². The van der Waals surface area contributed by atoms with Gasteiger partial charge in [0.25, 0.3) is 0 Å². The molecule has 218 valence electrons. The second-order valence-corrected chi connectivity index (χ2v) is 12.7. The second-order valence-electron chi connectivity index (χ2n) is 10.3. The molecule has 0 saturated carbocycles. The molecule has 0 amide bonds. The summed E-state index contributed by atoms with van der Waals surface area (Å²) in [7, 11) is -3.97. The molecule has 0 fully saturated rings. The predicted molar refractivity (Wildman–Crippen MR) is 170 cm³/mol. The van der Waals surface area contributed by atoms with E-state index in [1.807, 2.05) is 60.9 Å². The Morgan fingerprint density at radius 3 is 1.57 bits per heavy atom. The van der Waals surface area contributed by atoms with Crippen LogP contribution in [0.25, 0.3) is 33.9 Å². The fourth-order valence-electron chi connectivity index (χ4n) is 4.93. The monoisotopic (exact) mass is 621 g/mol. The zero-order valence-electron chi connectivity index (χ0n) is 23.6. The third-order valence-corrected chi connectivity index (χ3v) is 8.60. The number of primary sulfonamides is 1. The van der Waals surface area contributed by atoms with E-state index in [1.165, 1.54) is 6.07 Å². The lowest BCUT2D eigenvalue weighted by Crippen LogP contribution is -2.14. The second kappa shape index (κ2) is 12.8. The van der Waals surface area contributed by atoms with Gasteiger partial charge in [0, 0.05) is 33.6 Å². The molecule has 0 bridgehead atoms. The van der Waals surface area contributed by atoms with Crippen molar-refractivity contribution >= 4 is 33.2 Å². The predicted octanol–water partition coefficient (Wildman–Crippen LogP) is 8.03. The van der Waals surface area contributed by atoms with Crippen LogP contribution < -0.4 is 5.14 Å². The Labute approximate surface area is 257 Å². The fourth-order valence-corrected chi connectivity index (χ4v) is 5.71. The number of aryl methyl sites for hydroxylation is 2. The van der Waals surface area contributed by atoms with Gasteiger partial charge >= 0.3 is 0 Å². The van der Waals surface area contributed by atoms with Crippen LogP contribution in [-0.2, 0) is 22.9 Å². The van der Waals surface area contributed by atoms with Crippen LogP contribution >= 0.6 is 23.2 Å². The van der Waals surface area contributed by atoms with E-state index < -0.39 is 10.0 Å². The van der Waals surface area contributed by atoms with Crippen molar-refractivity contribution in [3.63, 3.8) is 0 Å². The number of aromatic nitrogens is 4. The van der Waals surface area contributed by atoms with Gasteiger partial charge in [0.05, 0.1) is 27.7 Å². The molecule has 0 spiro atoms. The molecule has 2 heterocycles. The Hall–Kier alpha value is -3.43. The van der Waals surface area contributed by atoms with Gasteiger partial charge in [-0.1, -0.05) is 74.2 Å². The first-order valence-corrected chi connectivity index (χ1v) is 16.3. The first-order valence-electron chi connectivity index (χ1n) is 14.0. The van der Waals surface area contributed by atoms with Crippen LogP contribution in [0.4, 0.5) is 0 Å². The van der Waals surface area contributed by atoms with Gasteiger partial charge < -0.3 is 0 Å². The van der Waals surface area contributed by atoms with Crippen molar-refractivity contribution in [3.05, 3.63) is 100 Å². The topological polar surface area (TPSA) is 95.8 Å². The van der Waals surface area contributed by atoms with Crippen LogP contribution in [-0.4, -0.2) is 28.0 Å². The van der Waals surface area contributed by atoms with Gasteiger partial charge in [-0.3, -0.25) is 0 Å². The maximum absolute atomic E-state index is 12.4. The minimum absolute atomic E-state index is 0.00353. The molecule has 2 N–H and O–H groups in total. The van der Waals surface area contributed by atoms with E-state index in [1.54, 1.807) is 21.5 Å². The molecular weight excluding hydrogens is 589 g/mol. The minimum atomic E-state index is -3.97. The summed E-state index contributed by atoms with van der Waals surface area (Å²) in [5.74, 6) is 0. The molecule has 2 aromatic heterocycles. The number of halogens is 2. The molecule has 0 aliphatic rings. The third-order valence-electron chi connectivity index (χ3n) is 7.18. The van der Waals surface area contributed by atoms with Crippen LogP contribution in [0.2, 0.25) is 10.0 Å². The molecule has 0 aliphatic carbocycles. The summed E-state index contributed by atoms with van der Waals surface area (Å²) in [6.45, 7) is 4.30. The fraction of sp³-hybridized carbons (Fsp3) is 0.250. The van der Waals surface area contributed by atoms with E-state index in [2.05, 4.69) is 13.8 Å². The number of hydrogen-bond donors (Lipinski definition) is 1. The summed E-state index contributed by atoms with van der Waals surface area (Å²) < 4.78 is 28.4. The highest BCUT2D eigenvalue weighted by atomic mass is 35.5. The lowest BCUT2D eigenvalue weighted by molar-refractivity contribution is 0.597. The highest BCUT2D eigenvalue weighted by Gasteiger charge is 2.20. The maximum Gasteiger partial charge on any atom is 0.238 e. The summed E-state index contributed by atoms with van der Waals surface area (Å²) in [4.78, 5) is -0.00353. The Morgan fingerprint density at radius 1 is 0.690 bits per heavy atom. The van der Waals surface area contributed by atoms with E-state index in [-0.39, 0.29) is 4.90 Å². The Bertz CT molecular complexity index is 1790. The maximum atomic E-state index is 12.4. The van der Waals surface area contributed by atoms with Crippen molar-refractivity contribution in [2.24, 2.45) is 5.14 Å². The van der Waals surface area contributed by atoms with Crippen LogP contribution in [0.15, 0.2) is 84.0 Å². The highest BCUT2D eigenvalue weighted by molar-refractivity contribution is 7.89. The van der Waals surface area contributed by atoms with Gasteiger partial charge in [0.1, 0.15) is 0 Å². The number of unbranched alkanes of at least 4 members (excludes halogenated alkanes) is 2. The quantitative estimate of drug-likeness (QED) is 0.161. The summed E-state index contributed by atoms with van der Waals surface area (Å²) in [5.41, 5.74) is 6.92. The van der Waals surface area contributed by atoms with E-state index in [9.17, 15) is 8.42 Å². The zero-order valence-corrected chi connectivity index (χ0v) is 25.9. The smallest absolute Gasteiger partial charge is 0.238 e. The van der Waals surface area contributed by atoms with E-state index in [0.717, 1.165) is 72.2 Å². The minimum Gasteiger partial charge on any atom is -0.238 e. The number of benzene rings is 3. The Kier molecular flexibility index (Phi) is 9.18. The molecule has 0 unspecified atom stereocenters. The molecule has 10 heteroatoms. The molecule has 5 aromatic rings. The lowest BCUT2D eigenvalue weighted by atomic mass is 10.0. The SMILES string of the molecule is CCCCc1cn(-c2ccc(S(N)(=O)=O)cc2-n2cc(CCCC)c(-c3ccc(Cl)cc3)n2)nc1-c1ccc(Cl)cc1. The average Bonchev–Trinajstić information content (AvgIpc) is 3.60. The third kappa shape index (κ3) is 6.63. The summed E-state index contributed by atoms with van der Waals surface area (Å²) >= 11 is 12.3. The average molecular weight is 623 g/mol.